The van der Waals surface area contributed by atoms with Gasteiger partial charge < -0.3 is 0 Å². The number of aromatic nitrogens is 3. The van der Waals surface area contributed by atoms with E-state index in [4.69, 9.17) is 15.0 Å². The van der Waals surface area contributed by atoms with Crippen molar-refractivity contribution < 1.29 is 0 Å². The van der Waals surface area contributed by atoms with Crippen LogP contribution in [0.2, 0.25) is 0 Å². The minimum absolute atomic E-state index is 0.0197. The highest BCUT2D eigenvalue weighted by Gasteiger charge is 2.45. The molecule has 0 aliphatic heterocycles. The molecule has 13 rings (SSSR count). The highest BCUT2D eigenvalue weighted by molar-refractivity contribution is 5.97. The number of fused-ring (bicyclic) bond motifs is 3. The molecule has 0 N–H and O–H groups in total. The molecule has 3 heteroatoms. The average molecular weight is 1100 g/mol. The van der Waals surface area contributed by atoms with Crippen LogP contribution < -0.4 is 0 Å². The number of aryl methyl sites for hydroxylation is 3. The first-order valence-electron chi connectivity index (χ1n) is 30.6. The van der Waals surface area contributed by atoms with Crippen LogP contribution in [0.3, 0.4) is 0 Å². The van der Waals surface area contributed by atoms with E-state index < -0.39 is 0 Å². The number of hydrogen-bond acceptors (Lipinski definition) is 3. The molecule has 0 radical (unpaired) electrons. The van der Waals surface area contributed by atoms with Crippen LogP contribution in [0.1, 0.15) is 152 Å². The molecule has 0 saturated heterocycles. The minimum atomic E-state index is -0.0407. The van der Waals surface area contributed by atoms with Gasteiger partial charge in [0.05, 0.1) is 17.1 Å². The van der Waals surface area contributed by atoms with E-state index in [-0.39, 0.29) is 32.5 Å². The Morgan fingerprint density at radius 3 is 0.667 bits per heavy atom. The van der Waals surface area contributed by atoms with Crippen molar-refractivity contribution in [1.29, 1.82) is 0 Å². The summed E-state index contributed by atoms with van der Waals surface area (Å²) in [4.78, 5) is 15.8. The summed E-state index contributed by atoms with van der Waals surface area (Å²) in [6.07, 6.45) is 9.64. The van der Waals surface area contributed by atoms with Gasteiger partial charge >= 0.3 is 0 Å². The Kier molecular flexibility index (Phi) is 12.8. The van der Waals surface area contributed by atoms with Crippen LogP contribution in [-0.4, -0.2) is 15.0 Å². The topological polar surface area (TPSA) is 38.7 Å². The number of nitrogens with zero attached hydrogens (tertiary/aromatic N) is 3. The zero-order chi connectivity index (χ0) is 59.0. The quantitative estimate of drug-likeness (QED) is 0.145. The van der Waals surface area contributed by atoms with Crippen molar-refractivity contribution >= 4 is 0 Å². The van der Waals surface area contributed by atoms with Gasteiger partial charge in [-0.15, -0.1) is 0 Å². The highest BCUT2D eigenvalue weighted by Crippen LogP contribution is 2.57. The molecule has 7 aromatic carbocycles. The molecule has 3 heterocycles. The summed E-state index contributed by atoms with van der Waals surface area (Å²) in [5.41, 5.74) is 32.7. The lowest BCUT2D eigenvalue weighted by Crippen LogP contribution is -2.18. The number of rotatable bonds is 9. The van der Waals surface area contributed by atoms with Gasteiger partial charge in [-0.05, 0) is 245 Å². The predicted octanol–water partition coefficient (Wildman–Crippen LogP) is 21.7. The van der Waals surface area contributed by atoms with Crippen molar-refractivity contribution in [2.24, 2.45) is 0 Å². The predicted molar refractivity (Wildman–Crippen MR) is 355 cm³/mol. The van der Waals surface area contributed by atoms with Gasteiger partial charge in [-0.25, -0.2) is 0 Å². The van der Waals surface area contributed by atoms with Crippen molar-refractivity contribution in [3.8, 4) is 101 Å². The molecule has 3 aromatic heterocycles. The lowest BCUT2D eigenvalue weighted by Gasteiger charge is -2.25. The van der Waals surface area contributed by atoms with Gasteiger partial charge in [0.25, 0.3) is 0 Å². The van der Waals surface area contributed by atoms with Crippen molar-refractivity contribution in [3.05, 3.63) is 232 Å². The van der Waals surface area contributed by atoms with E-state index in [2.05, 4.69) is 286 Å². The van der Waals surface area contributed by atoms with E-state index in [1.54, 1.807) is 0 Å². The third kappa shape index (κ3) is 9.38. The summed E-state index contributed by atoms with van der Waals surface area (Å²) < 4.78 is 0. The molecule has 84 heavy (non-hydrogen) atoms. The molecule has 3 aliphatic rings. The fourth-order valence-corrected chi connectivity index (χ4v) is 16.3. The van der Waals surface area contributed by atoms with Crippen LogP contribution in [0.4, 0.5) is 0 Å². The maximum atomic E-state index is 5.27. The molecule has 0 saturated carbocycles. The third-order valence-electron chi connectivity index (χ3n) is 19.8. The smallest absolute Gasteiger partial charge is 0.0705 e. The Bertz CT molecular complexity index is 3830. The fraction of sp³-hybridized carbons (Fsp3) is 0.296. The van der Waals surface area contributed by atoms with Crippen molar-refractivity contribution in [2.45, 2.75) is 156 Å². The zero-order valence-corrected chi connectivity index (χ0v) is 52.3. The van der Waals surface area contributed by atoms with Gasteiger partial charge in [0.15, 0.2) is 0 Å². The SMILES string of the molecule is Cc1cc(-c2ccccc2)ncc1-c1cc2c(cc1-c1cc(-c3cc4c(cc3-c3cnc(-c5ccccc5)cc3C)C(C)(C)CC4(C)C)cc(-c3cc4c(cc3-c3cnc(-c5ccccc5)cc3C)C(C)(C)CC4(C)C)c1)C(C)(C)CC2(C)C. The molecular weight excluding hydrogens is 1010 g/mol. The first kappa shape index (κ1) is 55.2. The summed E-state index contributed by atoms with van der Waals surface area (Å²) in [6, 6.07) is 61.7. The monoisotopic (exact) mass is 1100 g/mol. The number of benzene rings is 7. The summed E-state index contributed by atoms with van der Waals surface area (Å²) in [5, 5.41) is 0. The highest BCUT2D eigenvalue weighted by atomic mass is 14.7. The first-order chi connectivity index (χ1) is 39.8. The molecular formula is C81H81N3. The Morgan fingerprint density at radius 1 is 0.238 bits per heavy atom. The Labute approximate surface area is 500 Å². The normalized spacial score (nSPS) is 17.2. The van der Waals surface area contributed by atoms with Crippen molar-refractivity contribution in [2.75, 3.05) is 0 Å². The average Bonchev–Trinajstić information content (AvgIpc) is 1.59. The van der Waals surface area contributed by atoms with E-state index in [9.17, 15) is 0 Å². The lowest BCUT2D eigenvalue weighted by atomic mass is 9.79. The Balaban J connectivity index is 1.14. The standard InChI is InChI=1S/C81H81N3/c1-49-31-73(52-25-19-16-20-26-52)82-43-64(49)61-40-70-67(76(4,5)46-79(70,10)11)37-58(61)55-34-56(59-38-68-71(80(12,13)47-77(68,6)7)41-62(59)65-44-83-74(32-50(65)2)53-27-21-17-22-28-53)36-57(35-55)60-39-69-72(81(14,15)48-78(69,8)9)42-63(60)66-45-84-75(33-51(66)3)54-29-23-18-24-30-54/h16-45H,46-48H2,1-15H3. The molecule has 0 fully saturated rings. The van der Waals surface area contributed by atoms with Crippen LogP contribution >= 0.6 is 0 Å². The van der Waals surface area contributed by atoms with Gasteiger partial charge in [-0.1, -0.05) is 174 Å². The third-order valence-corrected chi connectivity index (χ3v) is 19.8. The number of pyridine rings is 3. The molecule has 0 spiro atoms. The van der Waals surface area contributed by atoms with E-state index in [1.807, 2.05) is 0 Å². The largest absolute Gasteiger partial charge is 0.256 e. The number of hydrogen-bond donors (Lipinski definition) is 0. The van der Waals surface area contributed by atoms with Crippen LogP contribution in [-0.2, 0) is 32.5 Å². The van der Waals surface area contributed by atoms with Crippen molar-refractivity contribution in [3.63, 3.8) is 0 Å². The second-order valence-electron chi connectivity index (χ2n) is 29.2. The first-order valence-corrected chi connectivity index (χ1v) is 30.6. The van der Waals surface area contributed by atoms with Crippen LogP contribution in [0.5, 0.6) is 0 Å². The van der Waals surface area contributed by atoms with Crippen molar-refractivity contribution in [1.82, 2.24) is 15.0 Å². The van der Waals surface area contributed by atoms with Crippen LogP contribution in [0.15, 0.2) is 182 Å². The van der Waals surface area contributed by atoms with Gasteiger partial charge in [-0.3, -0.25) is 15.0 Å². The van der Waals surface area contributed by atoms with E-state index in [0.717, 1.165) is 69.7 Å². The molecule has 0 bridgehead atoms. The van der Waals surface area contributed by atoms with E-state index >= 15 is 0 Å². The molecule has 3 nitrogen and oxygen atoms in total. The van der Waals surface area contributed by atoms with Gasteiger partial charge in [-0.2, -0.15) is 0 Å². The minimum Gasteiger partial charge on any atom is -0.256 e. The maximum absolute atomic E-state index is 5.27. The Hall–Kier alpha value is -8.01. The Morgan fingerprint density at radius 2 is 0.452 bits per heavy atom. The molecule has 0 atom stereocenters. The summed E-state index contributed by atoms with van der Waals surface area (Å²) in [6.45, 7) is 36.2. The summed E-state index contributed by atoms with van der Waals surface area (Å²) in [7, 11) is 0. The molecule has 0 unspecified atom stereocenters. The lowest BCUT2D eigenvalue weighted by molar-refractivity contribution is 0.403. The summed E-state index contributed by atoms with van der Waals surface area (Å²) >= 11 is 0. The molecule has 420 valence electrons. The van der Waals surface area contributed by atoms with Crippen LogP contribution in [0, 0.1) is 20.8 Å². The maximum Gasteiger partial charge on any atom is 0.0705 e. The van der Waals surface area contributed by atoms with Gasteiger partial charge in [0.2, 0.25) is 0 Å². The summed E-state index contributed by atoms with van der Waals surface area (Å²) in [5.74, 6) is 0. The fourth-order valence-electron chi connectivity index (χ4n) is 16.3. The van der Waals surface area contributed by atoms with Gasteiger partial charge in [0, 0.05) is 52.0 Å². The van der Waals surface area contributed by atoms with Gasteiger partial charge in [0.1, 0.15) is 0 Å². The van der Waals surface area contributed by atoms with E-state index in [0.29, 0.717) is 0 Å². The molecule has 10 aromatic rings. The second-order valence-corrected chi connectivity index (χ2v) is 29.2. The zero-order valence-electron chi connectivity index (χ0n) is 52.3. The molecule has 0 amide bonds. The second kappa shape index (κ2) is 19.5. The van der Waals surface area contributed by atoms with E-state index in [1.165, 1.54) is 100 Å². The molecule has 3 aliphatic carbocycles. The van der Waals surface area contributed by atoms with Crippen LogP contribution in [0.25, 0.3) is 101 Å².